The highest BCUT2D eigenvalue weighted by Crippen LogP contribution is 2.08. The van der Waals surface area contributed by atoms with Gasteiger partial charge >= 0.3 is 0 Å². The van der Waals surface area contributed by atoms with Gasteiger partial charge in [0.25, 0.3) is 5.91 Å². The molecule has 0 atom stereocenters. The van der Waals surface area contributed by atoms with Crippen molar-refractivity contribution in [1.29, 1.82) is 0 Å². The predicted octanol–water partition coefficient (Wildman–Crippen LogP) is 1.16. The molecule has 0 fully saturated rings. The van der Waals surface area contributed by atoms with Gasteiger partial charge in [-0.3, -0.25) is 4.79 Å². The molecule has 1 aromatic heterocycles. The Labute approximate surface area is 102 Å². The minimum atomic E-state index is -0.121. The number of nitrogen functional groups attached to an aromatic ring is 1. The lowest BCUT2D eigenvalue weighted by atomic mass is 10.2. The van der Waals surface area contributed by atoms with E-state index in [4.69, 9.17) is 10.5 Å². The Balaban J connectivity index is 2.84. The summed E-state index contributed by atoms with van der Waals surface area (Å²) in [5.74, 6) is 0.232. The van der Waals surface area contributed by atoms with Gasteiger partial charge in [-0.2, -0.15) is 0 Å². The van der Waals surface area contributed by atoms with Crippen LogP contribution in [0.4, 0.5) is 5.82 Å². The Hall–Kier alpha value is -1.62. The zero-order valence-corrected chi connectivity index (χ0v) is 10.5. The molecule has 0 saturated carbocycles. The molecule has 2 N–H and O–H groups in total. The number of rotatable bonds is 5. The van der Waals surface area contributed by atoms with Crippen molar-refractivity contribution in [2.24, 2.45) is 0 Å². The Bertz CT molecular complexity index is 380. The number of carbonyl (C=O) groups is 1. The molecule has 0 aliphatic rings. The van der Waals surface area contributed by atoms with E-state index in [9.17, 15) is 4.79 Å². The molecule has 0 saturated heterocycles. The number of hydrogen-bond donors (Lipinski definition) is 1. The molecule has 1 heterocycles. The van der Waals surface area contributed by atoms with Crippen LogP contribution in [-0.4, -0.2) is 42.1 Å². The number of nitrogens with zero attached hydrogens (tertiary/aromatic N) is 2. The molecule has 0 aliphatic carbocycles. The summed E-state index contributed by atoms with van der Waals surface area (Å²) in [4.78, 5) is 17.9. The standard InChI is InChI=1S/C12H19N3O2/c1-9(2)15(7-8-17-3)12(16)10-5-4-6-11(13)14-10/h4-6,9H,7-8H2,1-3H3,(H2,13,14). The second-order valence-electron chi connectivity index (χ2n) is 4.03. The summed E-state index contributed by atoms with van der Waals surface area (Å²) in [5.41, 5.74) is 5.94. The smallest absolute Gasteiger partial charge is 0.272 e. The van der Waals surface area contributed by atoms with E-state index in [2.05, 4.69) is 4.98 Å². The van der Waals surface area contributed by atoms with Crippen molar-refractivity contribution < 1.29 is 9.53 Å². The maximum Gasteiger partial charge on any atom is 0.272 e. The van der Waals surface area contributed by atoms with Crippen LogP contribution in [-0.2, 0) is 4.74 Å². The van der Waals surface area contributed by atoms with Crippen LogP contribution >= 0.6 is 0 Å². The normalized spacial score (nSPS) is 10.6. The quantitative estimate of drug-likeness (QED) is 0.834. The molecular formula is C12H19N3O2. The molecule has 0 unspecified atom stereocenters. The van der Waals surface area contributed by atoms with Crippen LogP contribution in [0.1, 0.15) is 24.3 Å². The number of anilines is 1. The van der Waals surface area contributed by atoms with Crippen LogP contribution in [0.25, 0.3) is 0 Å². The van der Waals surface area contributed by atoms with E-state index in [0.717, 1.165) is 0 Å². The first-order chi connectivity index (χ1) is 8.06. The lowest BCUT2D eigenvalue weighted by molar-refractivity contribution is 0.0629. The van der Waals surface area contributed by atoms with E-state index in [-0.39, 0.29) is 11.9 Å². The maximum absolute atomic E-state index is 12.2. The molecule has 0 aliphatic heterocycles. The van der Waals surface area contributed by atoms with Gasteiger partial charge in [0.1, 0.15) is 11.5 Å². The van der Waals surface area contributed by atoms with Gasteiger partial charge in [-0.1, -0.05) is 6.07 Å². The van der Waals surface area contributed by atoms with Crippen molar-refractivity contribution in [3.05, 3.63) is 23.9 Å². The molecule has 1 amide bonds. The predicted molar refractivity (Wildman–Crippen MR) is 66.7 cm³/mol. The molecule has 94 valence electrons. The van der Waals surface area contributed by atoms with E-state index >= 15 is 0 Å². The molecule has 0 bridgehead atoms. The fourth-order valence-corrected chi connectivity index (χ4v) is 1.50. The van der Waals surface area contributed by atoms with Crippen LogP contribution in [0, 0.1) is 0 Å². The topological polar surface area (TPSA) is 68.5 Å². The third-order valence-electron chi connectivity index (χ3n) is 2.41. The SMILES string of the molecule is COCCN(C(=O)c1cccc(N)n1)C(C)C. The zero-order valence-electron chi connectivity index (χ0n) is 10.5. The van der Waals surface area contributed by atoms with Crippen molar-refractivity contribution in [1.82, 2.24) is 9.88 Å². The van der Waals surface area contributed by atoms with Crippen LogP contribution in [0.3, 0.4) is 0 Å². The number of nitrogens with two attached hydrogens (primary N) is 1. The molecule has 17 heavy (non-hydrogen) atoms. The second kappa shape index (κ2) is 6.20. The largest absolute Gasteiger partial charge is 0.384 e. The van der Waals surface area contributed by atoms with E-state index in [1.807, 2.05) is 13.8 Å². The fraction of sp³-hybridized carbons (Fsp3) is 0.500. The zero-order chi connectivity index (χ0) is 12.8. The summed E-state index contributed by atoms with van der Waals surface area (Å²) in [6, 6.07) is 5.15. The number of aromatic nitrogens is 1. The summed E-state index contributed by atoms with van der Waals surface area (Å²) >= 11 is 0. The fourth-order valence-electron chi connectivity index (χ4n) is 1.50. The van der Waals surface area contributed by atoms with E-state index in [1.54, 1.807) is 30.2 Å². The number of pyridine rings is 1. The number of carbonyl (C=O) groups excluding carboxylic acids is 1. The van der Waals surface area contributed by atoms with Crippen molar-refractivity contribution in [2.45, 2.75) is 19.9 Å². The Morgan fingerprint density at radius 2 is 2.24 bits per heavy atom. The molecule has 1 aromatic rings. The number of ether oxygens (including phenoxy) is 1. The first-order valence-corrected chi connectivity index (χ1v) is 5.58. The summed E-state index contributed by atoms with van der Waals surface area (Å²) in [7, 11) is 1.61. The molecule has 0 radical (unpaired) electrons. The van der Waals surface area contributed by atoms with Gasteiger partial charge in [0.2, 0.25) is 0 Å². The lowest BCUT2D eigenvalue weighted by Gasteiger charge is -2.26. The highest BCUT2D eigenvalue weighted by Gasteiger charge is 2.19. The van der Waals surface area contributed by atoms with Crippen LogP contribution in [0.15, 0.2) is 18.2 Å². The first-order valence-electron chi connectivity index (χ1n) is 5.58. The number of amides is 1. The minimum absolute atomic E-state index is 0.0980. The van der Waals surface area contributed by atoms with Crippen molar-refractivity contribution >= 4 is 11.7 Å². The van der Waals surface area contributed by atoms with Crippen LogP contribution < -0.4 is 5.73 Å². The summed E-state index contributed by atoms with van der Waals surface area (Å²) in [5, 5.41) is 0. The van der Waals surface area contributed by atoms with Gasteiger partial charge < -0.3 is 15.4 Å². The molecule has 0 spiro atoms. The van der Waals surface area contributed by atoms with Gasteiger partial charge in [-0.15, -0.1) is 0 Å². The average molecular weight is 237 g/mol. The summed E-state index contributed by atoms with van der Waals surface area (Å²) in [6.07, 6.45) is 0. The molecule has 5 heteroatoms. The number of hydrogen-bond acceptors (Lipinski definition) is 4. The van der Waals surface area contributed by atoms with Gasteiger partial charge in [-0.05, 0) is 26.0 Å². The van der Waals surface area contributed by atoms with Gasteiger partial charge in [0.05, 0.1) is 6.61 Å². The van der Waals surface area contributed by atoms with Gasteiger partial charge in [-0.25, -0.2) is 4.98 Å². The lowest BCUT2D eigenvalue weighted by Crippen LogP contribution is -2.39. The van der Waals surface area contributed by atoms with Crippen LogP contribution in [0.2, 0.25) is 0 Å². The number of methoxy groups -OCH3 is 1. The van der Waals surface area contributed by atoms with Crippen molar-refractivity contribution in [3.8, 4) is 0 Å². The maximum atomic E-state index is 12.2. The van der Waals surface area contributed by atoms with Crippen molar-refractivity contribution in [3.63, 3.8) is 0 Å². The highest BCUT2D eigenvalue weighted by atomic mass is 16.5. The average Bonchev–Trinajstić information content (AvgIpc) is 2.29. The Kier molecular flexibility index (Phi) is 4.90. The minimum Gasteiger partial charge on any atom is -0.384 e. The van der Waals surface area contributed by atoms with E-state index in [1.165, 1.54) is 0 Å². The van der Waals surface area contributed by atoms with E-state index in [0.29, 0.717) is 24.7 Å². The molecule has 1 rings (SSSR count). The molecule has 0 aromatic carbocycles. The van der Waals surface area contributed by atoms with Gasteiger partial charge in [0.15, 0.2) is 0 Å². The first kappa shape index (κ1) is 13.4. The highest BCUT2D eigenvalue weighted by molar-refractivity contribution is 5.92. The van der Waals surface area contributed by atoms with Crippen molar-refractivity contribution in [2.75, 3.05) is 26.0 Å². The third kappa shape index (κ3) is 3.71. The monoisotopic (exact) mass is 237 g/mol. The molecular weight excluding hydrogens is 218 g/mol. The van der Waals surface area contributed by atoms with Gasteiger partial charge in [0, 0.05) is 19.7 Å². The Morgan fingerprint density at radius 3 is 2.76 bits per heavy atom. The van der Waals surface area contributed by atoms with Crippen LogP contribution in [0.5, 0.6) is 0 Å². The summed E-state index contributed by atoms with van der Waals surface area (Å²) < 4.78 is 4.99. The van der Waals surface area contributed by atoms with E-state index < -0.39 is 0 Å². The summed E-state index contributed by atoms with van der Waals surface area (Å²) in [6.45, 7) is 4.97. The molecule has 5 nitrogen and oxygen atoms in total. The Morgan fingerprint density at radius 1 is 1.53 bits per heavy atom. The third-order valence-corrected chi connectivity index (χ3v) is 2.41. The second-order valence-corrected chi connectivity index (χ2v) is 4.03.